The molecule has 9 heteroatoms. The molecule has 2 aromatic carbocycles. The van der Waals surface area contributed by atoms with Crippen LogP contribution in [-0.2, 0) is 17.8 Å². The highest BCUT2D eigenvalue weighted by atomic mass is 16.5. The number of benzene rings is 2. The van der Waals surface area contributed by atoms with Crippen LogP contribution >= 0.6 is 0 Å². The summed E-state index contributed by atoms with van der Waals surface area (Å²) in [4.78, 5) is 27.0. The van der Waals surface area contributed by atoms with Gasteiger partial charge in [0.25, 0.3) is 0 Å². The molecule has 0 unspecified atom stereocenters. The predicted molar refractivity (Wildman–Crippen MR) is 142 cm³/mol. The number of aromatic nitrogens is 4. The van der Waals surface area contributed by atoms with E-state index in [1.54, 1.807) is 38.4 Å². The number of carbonyl (C=O) groups is 1. The summed E-state index contributed by atoms with van der Waals surface area (Å²) >= 11 is 0. The van der Waals surface area contributed by atoms with E-state index in [-0.39, 0.29) is 0 Å². The van der Waals surface area contributed by atoms with E-state index in [0.717, 1.165) is 54.8 Å². The van der Waals surface area contributed by atoms with Gasteiger partial charge in [0.2, 0.25) is 17.7 Å². The molecular weight excluding hydrogens is 482 g/mol. The molecule has 2 aromatic heterocycles. The molecular formula is C29H31N5O4. The third kappa shape index (κ3) is 6.34. The van der Waals surface area contributed by atoms with Crippen LogP contribution in [0.25, 0.3) is 11.4 Å². The summed E-state index contributed by atoms with van der Waals surface area (Å²) in [5.74, 6) is 2.00. The third-order valence-corrected chi connectivity index (χ3v) is 6.47. The fraction of sp³-hybridized carbons (Fsp3) is 0.345. The Morgan fingerprint density at radius 2 is 1.84 bits per heavy atom. The van der Waals surface area contributed by atoms with E-state index in [1.165, 1.54) is 0 Å². The van der Waals surface area contributed by atoms with Crippen molar-refractivity contribution >= 4 is 11.9 Å². The van der Waals surface area contributed by atoms with Gasteiger partial charge in [-0.15, -0.1) is 0 Å². The van der Waals surface area contributed by atoms with Gasteiger partial charge in [-0.2, -0.15) is 4.98 Å². The van der Waals surface area contributed by atoms with Crippen LogP contribution in [0.15, 0.2) is 71.5 Å². The molecule has 0 bridgehead atoms. The summed E-state index contributed by atoms with van der Waals surface area (Å²) in [7, 11) is 0. The van der Waals surface area contributed by atoms with Crippen LogP contribution in [-0.4, -0.2) is 43.3 Å². The second-order valence-corrected chi connectivity index (χ2v) is 10.1. The smallest absolute Gasteiger partial charge is 0.347 e. The van der Waals surface area contributed by atoms with Crippen molar-refractivity contribution in [2.75, 3.05) is 11.4 Å². The number of carboxylic acid groups (broad SMARTS) is 1. The summed E-state index contributed by atoms with van der Waals surface area (Å²) < 4.78 is 11.1. The zero-order valence-corrected chi connectivity index (χ0v) is 21.6. The van der Waals surface area contributed by atoms with Crippen LogP contribution in [0.5, 0.6) is 5.75 Å². The molecule has 38 heavy (non-hydrogen) atoms. The Bertz CT molecular complexity index is 1370. The average Bonchev–Trinajstić information content (AvgIpc) is 3.65. The number of rotatable bonds is 12. The van der Waals surface area contributed by atoms with Gasteiger partial charge in [-0.3, -0.25) is 0 Å². The summed E-state index contributed by atoms with van der Waals surface area (Å²) in [6.45, 7) is 4.48. The Morgan fingerprint density at radius 3 is 2.55 bits per heavy atom. The number of nitrogens with zero attached hydrogens (tertiary/aromatic N) is 5. The van der Waals surface area contributed by atoms with Crippen LogP contribution in [0.4, 0.5) is 5.95 Å². The van der Waals surface area contributed by atoms with Crippen molar-refractivity contribution in [2.24, 2.45) is 0 Å². The maximum absolute atomic E-state index is 11.4. The van der Waals surface area contributed by atoms with Crippen molar-refractivity contribution < 1.29 is 19.2 Å². The van der Waals surface area contributed by atoms with Gasteiger partial charge < -0.3 is 19.3 Å². The fourth-order valence-electron chi connectivity index (χ4n) is 4.11. The molecule has 1 saturated carbocycles. The maximum Gasteiger partial charge on any atom is 0.347 e. The van der Waals surface area contributed by atoms with Crippen LogP contribution < -0.4 is 9.64 Å². The number of hydrogen-bond acceptors (Lipinski definition) is 8. The minimum Gasteiger partial charge on any atom is -0.478 e. The largest absolute Gasteiger partial charge is 0.478 e. The molecule has 0 radical (unpaired) electrons. The summed E-state index contributed by atoms with van der Waals surface area (Å²) in [6.07, 6.45) is 7.40. The van der Waals surface area contributed by atoms with Crippen molar-refractivity contribution in [1.82, 2.24) is 20.1 Å². The van der Waals surface area contributed by atoms with Crippen molar-refractivity contribution in [3.05, 3.63) is 84.0 Å². The van der Waals surface area contributed by atoms with Crippen LogP contribution in [0.1, 0.15) is 56.0 Å². The quantitative estimate of drug-likeness (QED) is 0.270. The first-order valence-electron chi connectivity index (χ1n) is 12.8. The van der Waals surface area contributed by atoms with E-state index < -0.39 is 11.6 Å². The lowest BCUT2D eigenvalue weighted by molar-refractivity contribution is -0.152. The Balaban J connectivity index is 1.23. The molecule has 1 aliphatic carbocycles. The molecule has 4 aromatic rings. The monoisotopic (exact) mass is 513 g/mol. The van der Waals surface area contributed by atoms with E-state index >= 15 is 0 Å². The van der Waals surface area contributed by atoms with Crippen LogP contribution in [0, 0.1) is 0 Å². The molecule has 0 amide bonds. The lowest BCUT2D eigenvalue weighted by Gasteiger charge is -2.23. The zero-order valence-electron chi connectivity index (χ0n) is 21.6. The van der Waals surface area contributed by atoms with Crippen LogP contribution in [0.3, 0.4) is 0 Å². The minimum absolute atomic E-state index is 0.432. The second kappa shape index (κ2) is 11.0. The van der Waals surface area contributed by atoms with E-state index in [4.69, 9.17) is 9.26 Å². The number of ether oxygens (including phenoxy) is 1. The minimum atomic E-state index is -1.29. The first-order valence-corrected chi connectivity index (χ1v) is 12.8. The lowest BCUT2D eigenvalue weighted by atomic mass is 10.1. The Morgan fingerprint density at radius 1 is 1.08 bits per heavy atom. The van der Waals surface area contributed by atoms with E-state index in [1.807, 2.05) is 30.3 Å². The van der Waals surface area contributed by atoms with Gasteiger partial charge >= 0.3 is 5.97 Å². The summed E-state index contributed by atoms with van der Waals surface area (Å²) in [5, 5.41) is 13.5. The van der Waals surface area contributed by atoms with Gasteiger partial charge in [-0.05, 0) is 68.9 Å². The Kier molecular flexibility index (Phi) is 7.35. The van der Waals surface area contributed by atoms with Crippen molar-refractivity contribution in [3.63, 3.8) is 0 Å². The van der Waals surface area contributed by atoms with E-state index in [0.29, 0.717) is 30.0 Å². The molecule has 0 spiro atoms. The first kappa shape index (κ1) is 25.4. The topological polar surface area (TPSA) is 114 Å². The standard InChI is InChI=1S/C29H31N5O4/c1-29(2,27(35)36)37-24-8-3-6-20(18-24)7-4-17-34(28-30-15-5-16-31-28)19-21-9-11-22(12-10-21)25-32-26(38-33-25)23-13-14-23/h3,5-6,8-12,15-16,18,23H,4,7,13-14,17,19H2,1-2H3,(H,35,36). The number of aliphatic carboxylic acids is 1. The highest BCUT2D eigenvalue weighted by molar-refractivity contribution is 5.76. The maximum atomic E-state index is 11.4. The molecule has 0 atom stereocenters. The highest BCUT2D eigenvalue weighted by Crippen LogP contribution is 2.39. The van der Waals surface area contributed by atoms with Crippen LogP contribution in [0.2, 0.25) is 0 Å². The molecule has 5 rings (SSSR count). The normalized spacial score (nSPS) is 13.3. The first-order chi connectivity index (χ1) is 18.4. The zero-order chi connectivity index (χ0) is 26.5. The van der Waals surface area contributed by atoms with Crippen molar-refractivity contribution in [1.29, 1.82) is 0 Å². The Hall–Kier alpha value is -4.27. The molecule has 0 aliphatic heterocycles. The van der Waals surface area contributed by atoms with Crippen molar-refractivity contribution in [3.8, 4) is 17.1 Å². The van der Waals surface area contributed by atoms with E-state index in [2.05, 4.69) is 37.1 Å². The molecule has 1 aliphatic rings. The van der Waals surface area contributed by atoms with Gasteiger partial charge in [0.15, 0.2) is 5.60 Å². The van der Waals surface area contributed by atoms with Gasteiger partial charge in [0.05, 0.1) is 0 Å². The van der Waals surface area contributed by atoms with Gasteiger partial charge in [-0.25, -0.2) is 14.8 Å². The molecule has 2 heterocycles. The number of carboxylic acids is 1. The number of aryl methyl sites for hydroxylation is 1. The summed E-state index contributed by atoms with van der Waals surface area (Å²) in [6, 6.07) is 17.6. The lowest BCUT2D eigenvalue weighted by Crippen LogP contribution is -2.37. The summed E-state index contributed by atoms with van der Waals surface area (Å²) in [5.41, 5.74) is 1.84. The molecule has 9 nitrogen and oxygen atoms in total. The fourth-order valence-corrected chi connectivity index (χ4v) is 4.11. The third-order valence-electron chi connectivity index (χ3n) is 6.47. The van der Waals surface area contributed by atoms with Gasteiger partial charge in [0, 0.05) is 37.0 Å². The molecule has 1 fully saturated rings. The predicted octanol–water partition coefficient (Wildman–Crippen LogP) is 5.29. The van der Waals surface area contributed by atoms with Gasteiger partial charge in [-0.1, -0.05) is 41.6 Å². The number of hydrogen-bond donors (Lipinski definition) is 1. The van der Waals surface area contributed by atoms with Crippen molar-refractivity contribution in [2.45, 2.75) is 57.6 Å². The average molecular weight is 514 g/mol. The van der Waals surface area contributed by atoms with Gasteiger partial charge in [0.1, 0.15) is 5.75 Å². The molecule has 196 valence electrons. The number of anilines is 1. The van der Waals surface area contributed by atoms with E-state index in [9.17, 15) is 9.90 Å². The Labute approximate surface area is 221 Å². The highest BCUT2D eigenvalue weighted by Gasteiger charge is 2.30. The SMILES string of the molecule is CC(C)(Oc1cccc(CCCN(Cc2ccc(-c3noc(C4CC4)n3)cc2)c2ncccn2)c1)C(=O)O. The molecule has 0 saturated heterocycles. The molecule has 1 N–H and O–H groups in total. The second-order valence-electron chi connectivity index (χ2n) is 10.1.